The molecule has 0 aliphatic rings. The first-order valence-corrected chi connectivity index (χ1v) is 7.76. The van der Waals surface area contributed by atoms with Crippen LogP contribution in [0, 0.1) is 18.8 Å². The maximum absolute atomic E-state index is 12.1. The molecule has 1 rings (SSSR count). The molecule has 0 heterocycles. The summed E-state index contributed by atoms with van der Waals surface area (Å²) in [5.74, 6) is 5.65. The first-order valence-electron chi connectivity index (χ1n) is 6.32. The van der Waals surface area contributed by atoms with Gasteiger partial charge < -0.3 is 5.73 Å². The van der Waals surface area contributed by atoms with Crippen molar-refractivity contribution in [2.24, 2.45) is 5.73 Å². The van der Waals surface area contributed by atoms with Crippen LogP contribution >= 0.6 is 0 Å². The fraction of sp³-hybridized carbons (Fsp3) is 0.429. The van der Waals surface area contributed by atoms with Gasteiger partial charge in [0.25, 0.3) is 0 Å². The molecule has 0 saturated carbocycles. The minimum atomic E-state index is -3.56. The molecule has 0 amide bonds. The summed E-state index contributed by atoms with van der Waals surface area (Å²) in [5, 5.41) is 0. The second-order valence-corrected chi connectivity index (χ2v) is 6.54. The summed E-state index contributed by atoms with van der Waals surface area (Å²) in [5.41, 5.74) is 7.50. The van der Waals surface area contributed by atoms with Crippen LogP contribution in [-0.4, -0.2) is 32.4 Å². The van der Waals surface area contributed by atoms with Gasteiger partial charge in [0.2, 0.25) is 0 Å². The first-order chi connectivity index (χ1) is 9.26. The molecule has 20 heavy (non-hydrogen) atoms. The van der Waals surface area contributed by atoms with E-state index in [1.807, 2.05) is 26.8 Å². The van der Waals surface area contributed by atoms with E-state index in [0.29, 0.717) is 5.69 Å². The highest BCUT2D eigenvalue weighted by atomic mass is 32.2. The molecule has 3 N–H and O–H groups in total. The Balaban J connectivity index is 3.07. The SMILES string of the molecule is Cc1cc(C#CCN)cc(NS(=O)(=O)N(C)C(C)C)c1. The number of rotatable bonds is 4. The van der Waals surface area contributed by atoms with E-state index >= 15 is 0 Å². The van der Waals surface area contributed by atoms with Crippen molar-refractivity contribution in [3.63, 3.8) is 0 Å². The molecule has 1 aromatic rings. The van der Waals surface area contributed by atoms with Gasteiger partial charge in [0.15, 0.2) is 0 Å². The normalized spacial score (nSPS) is 11.3. The highest BCUT2D eigenvalue weighted by Gasteiger charge is 2.20. The van der Waals surface area contributed by atoms with Crippen molar-refractivity contribution >= 4 is 15.9 Å². The largest absolute Gasteiger partial charge is 0.320 e. The molecule has 0 aliphatic heterocycles. The standard InChI is InChI=1S/C14H21N3O2S/c1-11(2)17(4)20(18,19)16-14-9-12(3)8-13(10-14)6-5-7-15/h8-11,16H,7,15H2,1-4H3. The summed E-state index contributed by atoms with van der Waals surface area (Å²) >= 11 is 0. The molecule has 0 fully saturated rings. The fourth-order valence-corrected chi connectivity index (χ4v) is 2.68. The minimum absolute atomic E-state index is 0.117. The van der Waals surface area contributed by atoms with Gasteiger partial charge in [-0.3, -0.25) is 4.72 Å². The third kappa shape index (κ3) is 4.53. The van der Waals surface area contributed by atoms with Gasteiger partial charge in [0, 0.05) is 18.7 Å². The monoisotopic (exact) mass is 295 g/mol. The van der Waals surface area contributed by atoms with Crippen LogP contribution in [0.15, 0.2) is 18.2 Å². The van der Waals surface area contributed by atoms with Gasteiger partial charge in [0.05, 0.1) is 12.2 Å². The molecule has 0 unspecified atom stereocenters. The molecule has 6 heteroatoms. The topological polar surface area (TPSA) is 75.4 Å². The van der Waals surface area contributed by atoms with Crippen LogP contribution < -0.4 is 10.5 Å². The Bertz CT molecular complexity index is 628. The molecule has 0 spiro atoms. The third-order valence-electron chi connectivity index (χ3n) is 2.77. The predicted octanol–water partition coefficient (Wildman–Crippen LogP) is 1.30. The van der Waals surface area contributed by atoms with Crippen LogP contribution in [-0.2, 0) is 10.2 Å². The van der Waals surface area contributed by atoms with Crippen LogP contribution in [0.5, 0.6) is 0 Å². The van der Waals surface area contributed by atoms with Crippen molar-refractivity contribution in [1.82, 2.24) is 4.31 Å². The number of anilines is 1. The second kappa shape index (κ2) is 6.75. The van der Waals surface area contributed by atoms with Crippen molar-refractivity contribution in [3.8, 4) is 11.8 Å². The van der Waals surface area contributed by atoms with Crippen LogP contribution in [0.25, 0.3) is 0 Å². The lowest BCUT2D eigenvalue weighted by Crippen LogP contribution is -2.37. The van der Waals surface area contributed by atoms with Crippen molar-refractivity contribution in [1.29, 1.82) is 0 Å². The summed E-state index contributed by atoms with van der Waals surface area (Å²) in [4.78, 5) is 0. The number of hydrogen-bond donors (Lipinski definition) is 2. The molecule has 0 saturated heterocycles. The summed E-state index contributed by atoms with van der Waals surface area (Å²) in [7, 11) is -2.02. The van der Waals surface area contributed by atoms with Crippen LogP contribution in [0.4, 0.5) is 5.69 Å². The molecule has 0 aromatic heterocycles. The van der Waals surface area contributed by atoms with E-state index in [0.717, 1.165) is 11.1 Å². The van der Waals surface area contributed by atoms with E-state index in [9.17, 15) is 8.42 Å². The molecule has 110 valence electrons. The molecule has 5 nitrogen and oxygen atoms in total. The lowest BCUT2D eigenvalue weighted by atomic mass is 10.1. The first kappa shape index (κ1) is 16.5. The smallest absolute Gasteiger partial charge is 0.301 e. The summed E-state index contributed by atoms with van der Waals surface area (Å²) < 4.78 is 28.1. The zero-order valence-corrected chi connectivity index (χ0v) is 13.1. The van der Waals surface area contributed by atoms with Gasteiger partial charge in [-0.1, -0.05) is 11.8 Å². The van der Waals surface area contributed by atoms with E-state index < -0.39 is 10.2 Å². The highest BCUT2D eigenvalue weighted by molar-refractivity contribution is 7.90. The number of benzene rings is 1. The maximum atomic E-state index is 12.1. The van der Waals surface area contributed by atoms with Crippen LogP contribution in [0.1, 0.15) is 25.0 Å². The summed E-state index contributed by atoms with van der Waals surface area (Å²) in [6, 6.07) is 5.22. The zero-order valence-electron chi connectivity index (χ0n) is 12.3. The van der Waals surface area contributed by atoms with E-state index in [1.54, 1.807) is 12.1 Å². The molecule has 0 atom stereocenters. The number of nitrogens with one attached hydrogen (secondary N) is 1. The number of nitrogens with zero attached hydrogens (tertiary/aromatic N) is 1. The third-order valence-corrected chi connectivity index (χ3v) is 4.44. The van der Waals surface area contributed by atoms with E-state index in [2.05, 4.69) is 16.6 Å². The number of hydrogen-bond acceptors (Lipinski definition) is 3. The van der Waals surface area contributed by atoms with E-state index in [4.69, 9.17) is 5.73 Å². The second-order valence-electron chi connectivity index (χ2n) is 4.81. The van der Waals surface area contributed by atoms with Crippen molar-refractivity contribution < 1.29 is 8.42 Å². The summed E-state index contributed by atoms with van der Waals surface area (Å²) in [6.45, 7) is 5.78. The van der Waals surface area contributed by atoms with Crippen LogP contribution in [0.3, 0.4) is 0 Å². The zero-order chi connectivity index (χ0) is 15.3. The number of aryl methyl sites for hydroxylation is 1. The molecular weight excluding hydrogens is 274 g/mol. The van der Waals surface area contributed by atoms with E-state index in [1.165, 1.54) is 11.4 Å². The Hall–Kier alpha value is -1.55. The molecule has 1 aromatic carbocycles. The highest BCUT2D eigenvalue weighted by Crippen LogP contribution is 2.17. The van der Waals surface area contributed by atoms with Crippen molar-refractivity contribution in [2.45, 2.75) is 26.8 Å². The van der Waals surface area contributed by atoms with Gasteiger partial charge in [-0.05, 0) is 44.5 Å². The lowest BCUT2D eigenvalue weighted by molar-refractivity contribution is 0.414. The Labute approximate surface area is 121 Å². The Kier molecular flexibility index (Phi) is 5.57. The average Bonchev–Trinajstić information content (AvgIpc) is 2.34. The van der Waals surface area contributed by atoms with Gasteiger partial charge in [-0.15, -0.1) is 0 Å². The van der Waals surface area contributed by atoms with E-state index in [-0.39, 0.29) is 12.6 Å². The molecular formula is C14H21N3O2S. The lowest BCUT2D eigenvalue weighted by Gasteiger charge is -2.21. The van der Waals surface area contributed by atoms with Crippen molar-refractivity contribution in [3.05, 3.63) is 29.3 Å². The van der Waals surface area contributed by atoms with Crippen molar-refractivity contribution in [2.75, 3.05) is 18.3 Å². The average molecular weight is 295 g/mol. The van der Waals surface area contributed by atoms with Gasteiger partial charge in [-0.2, -0.15) is 12.7 Å². The summed E-state index contributed by atoms with van der Waals surface area (Å²) in [6.07, 6.45) is 0. The Morgan fingerprint density at radius 3 is 2.55 bits per heavy atom. The maximum Gasteiger partial charge on any atom is 0.301 e. The molecule has 0 aliphatic carbocycles. The van der Waals surface area contributed by atoms with Gasteiger partial charge in [-0.25, -0.2) is 0 Å². The Morgan fingerprint density at radius 1 is 1.35 bits per heavy atom. The van der Waals surface area contributed by atoms with Gasteiger partial charge >= 0.3 is 10.2 Å². The minimum Gasteiger partial charge on any atom is -0.320 e. The quantitative estimate of drug-likeness (QED) is 0.822. The van der Waals surface area contributed by atoms with Crippen LogP contribution in [0.2, 0.25) is 0 Å². The predicted molar refractivity (Wildman–Crippen MR) is 82.6 cm³/mol. The van der Waals surface area contributed by atoms with Gasteiger partial charge in [0.1, 0.15) is 0 Å². The molecule has 0 bridgehead atoms. The fourth-order valence-electron chi connectivity index (χ4n) is 1.57. The number of nitrogens with two attached hydrogens (primary N) is 1. The Morgan fingerprint density at radius 2 is 2.00 bits per heavy atom. The molecule has 0 radical (unpaired) electrons.